The number of nitrogens with one attached hydrogen (secondary N) is 1. The number of hydrogen-bond acceptors (Lipinski definition) is 4. The van der Waals surface area contributed by atoms with Crippen molar-refractivity contribution in [2.75, 3.05) is 25.5 Å². The molecular weight excluding hydrogens is 288 g/mol. The number of methoxy groups -OCH3 is 1. The number of esters is 1. The van der Waals surface area contributed by atoms with E-state index < -0.39 is 5.54 Å². The van der Waals surface area contributed by atoms with Crippen LogP contribution in [-0.4, -0.2) is 42.6 Å². The van der Waals surface area contributed by atoms with Crippen molar-refractivity contribution in [3.05, 3.63) is 29.3 Å². The van der Waals surface area contributed by atoms with Crippen LogP contribution in [0.15, 0.2) is 24.3 Å². The molecule has 0 bridgehead atoms. The largest absolute Gasteiger partial charge is 0.467 e. The van der Waals surface area contributed by atoms with Crippen LogP contribution in [0, 0.1) is 0 Å². The van der Waals surface area contributed by atoms with Gasteiger partial charge in [-0.2, -0.15) is 0 Å². The molecule has 1 aromatic rings. The van der Waals surface area contributed by atoms with E-state index in [-0.39, 0.29) is 12.0 Å². The van der Waals surface area contributed by atoms with Crippen LogP contribution in [0.1, 0.15) is 25.7 Å². The van der Waals surface area contributed by atoms with Gasteiger partial charge in [-0.05, 0) is 37.9 Å². The van der Waals surface area contributed by atoms with E-state index in [1.54, 1.807) is 0 Å². The van der Waals surface area contributed by atoms with Gasteiger partial charge in [0.15, 0.2) is 5.54 Å². The van der Waals surface area contributed by atoms with E-state index in [0.717, 1.165) is 38.0 Å². The average Bonchev–Trinajstić information content (AvgIpc) is 2.89. The zero-order chi connectivity index (χ0) is 14.9. The summed E-state index contributed by atoms with van der Waals surface area (Å²) >= 11 is 6.26. The van der Waals surface area contributed by atoms with Crippen molar-refractivity contribution < 1.29 is 9.53 Å². The molecule has 0 aromatic heterocycles. The molecule has 2 saturated heterocycles. The molecule has 4 nitrogen and oxygen atoms in total. The van der Waals surface area contributed by atoms with Crippen molar-refractivity contribution in [3.63, 3.8) is 0 Å². The molecule has 2 unspecified atom stereocenters. The number of para-hydroxylation sites is 1. The maximum atomic E-state index is 12.6. The van der Waals surface area contributed by atoms with Gasteiger partial charge in [0.05, 0.1) is 17.8 Å². The summed E-state index contributed by atoms with van der Waals surface area (Å²) < 4.78 is 5.13. The van der Waals surface area contributed by atoms with Gasteiger partial charge in [0.1, 0.15) is 0 Å². The van der Waals surface area contributed by atoms with Crippen LogP contribution in [0.25, 0.3) is 0 Å². The standard InChI is InChI=1S/C16H21ClN2O2/c1-21-15(20)16(18-13-7-3-2-6-12(13)17)9-11-19-10-5-4-8-14(16)19/h2-3,6-7,14,18H,4-5,8-11H2,1H3. The van der Waals surface area contributed by atoms with Crippen LogP contribution in [0.2, 0.25) is 5.02 Å². The van der Waals surface area contributed by atoms with E-state index in [9.17, 15) is 4.79 Å². The van der Waals surface area contributed by atoms with E-state index in [0.29, 0.717) is 5.02 Å². The summed E-state index contributed by atoms with van der Waals surface area (Å²) in [6, 6.07) is 7.75. The highest BCUT2D eigenvalue weighted by molar-refractivity contribution is 6.33. The maximum absolute atomic E-state index is 12.6. The Morgan fingerprint density at radius 1 is 1.38 bits per heavy atom. The Bertz CT molecular complexity index is 537. The van der Waals surface area contributed by atoms with E-state index in [1.165, 1.54) is 13.5 Å². The molecule has 2 fully saturated rings. The van der Waals surface area contributed by atoms with Crippen molar-refractivity contribution in [1.82, 2.24) is 4.90 Å². The van der Waals surface area contributed by atoms with Crippen molar-refractivity contribution in [3.8, 4) is 0 Å². The fourth-order valence-electron chi connectivity index (χ4n) is 3.72. The average molecular weight is 309 g/mol. The van der Waals surface area contributed by atoms with Gasteiger partial charge >= 0.3 is 5.97 Å². The lowest BCUT2D eigenvalue weighted by molar-refractivity contribution is -0.147. The number of hydrogen-bond donors (Lipinski definition) is 1. The quantitative estimate of drug-likeness (QED) is 0.872. The van der Waals surface area contributed by atoms with E-state index >= 15 is 0 Å². The highest BCUT2D eigenvalue weighted by Crippen LogP contribution is 2.39. The Morgan fingerprint density at radius 2 is 2.19 bits per heavy atom. The number of fused-ring (bicyclic) bond motifs is 1. The first-order chi connectivity index (χ1) is 10.2. The summed E-state index contributed by atoms with van der Waals surface area (Å²) in [5.74, 6) is -0.184. The number of carbonyl (C=O) groups excluding carboxylic acids is 1. The predicted octanol–water partition coefficient (Wildman–Crippen LogP) is 2.92. The number of rotatable bonds is 3. The lowest BCUT2D eigenvalue weighted by atomic mass is 9.85. The molecule has 2 aliphatic rings. The lowest BCUT2D eigenvalue weighted by Gasteiger charge is -2.39. The molecule has 0 radical (unpaired) electrons. The van der Waals surface area contributed by atoms with Gasteiger partial charge in [-0.1, -0.05) is 30.2 Å². The fourth-order valence-corrected chi connectivity index (χ4v) is 3.91. The molecular formula is C16H21ClN2O2. The Labute approximate surface area is 130 Å². The van der Waals surface area contributed by atoms with Crippen LogP contribution in [0.4, 0.5) is 5.69 Å². The minimum Gasteiger partial charge on any atom is -0.467 e. The normalized spacial score (nSPS) is 29.0. The SMILES string of the molecule is COC(=O)C1(Nc2ccccc2Cl)CCN2CCCCC21. The second kappa shape index (κ2) is 5.85. The van der Waals surface area contributed by atoms with Crippen LogP contribution in [0.5, 0.6) is 0 Å². The van der Waals surface area contributed by atoms with Gasteiger partial charge in [-0.25, -0.2) is 4.79 Å². The Hall–Kier alpha value is -1.26. The summed E-state index contributed by atoms with van der Waals surface area (Å²) in [5.41, 5.74) is 0.122. The summed E-state index contributed by atoms with van der Waals surface area (Å²) in [7, 11) is 1.46. The zero-order valence-electron chi connectivity index (χ0n) is 12.3. The smallest absolute Gasteiger partial charge is 0.333 e. The van der Waals surface area contributed by atoms with Gasteiger partial charge in [0, 0.05) is 12.6 Å². The van der Waals surface area contributed by atoms with E-state index in [4.69, 9.17) is 16.3 Å². The van der Waals surface area contributed by atoms with Crippen LogP contribution in [0.3, 0.4) is 0 Å². The van der Waals surface area contributed by atoms with Crippen molar-refractivity contribution in [2.45, 2.75) is 37.3 Å². The van der Waals surface area contributed by atoms with Gasteiger partial charge < -0.3 is 10.1 Å². The second-order valence-electron chi connectivity index (χ2n) is 5.87. The fraction of sp³-hybridized carbons (Fsp3) is 0.562. The Morgan fingerprint density at radius 3 is 2.95 bits per heavy atom. The first-order valence-corrected chi connectivity index (χ1v) is 7.90. The van der Waals surface area contributed by atoms with E-state index in [2.05, 4.69) is 10.2 Å². The lowest BCUT2D eigenvalue weighted by Crippen LogP contribution is -2.57. The van der Waals surface area contributed by atoms with Crippen LogP contribution < -0.4 is 5.32 Å². The molecule has 114 valence electrons. The molecule has 0 saturated carbocycles. The third kappa shape index (κ3) is 2.51. The molecule has 5 heteroatoms. The monoisotopic (exact) mass is 308 g/mol. The highest BCUT2D eigenvalue weighted by atomic mass is 35.5. The molecule has 0 amide bonds. The summed E-state index contributed by atoms with van der Waals surface area (Å²) in [5, 5.41) is 4.06. The molecule has 2 aliphatic heterocycles. The maximum Gasteiger partial charge on any atom is 0.333 e. The zero-order valence-corrected chi connectivity index (χ0v) is 13.0. The van der Waals surface area contributed by atoms with E-state index in [1.807, 2.05) is 24.3 Å². The first-order valence-electron chi connectivity index (χ1n) is 7.52. The summed E-state index contributed by atoms with van der Waals surface area (Å²) in [6.45, 7) is 1.99. The topological polar surface area (TPSA) is 41.6 Å². The molecule has 1 N–H and O–H groups in total. The number of piperidine rings is 1. The molecule has 21 heavy (non-hydrogen) atoms. The number of nitrogens with zero attached hydrogens (tertiary/aromatic N) is 1. The third-order valence-electron chi connectivity index (χ3n) is 4.76. The molecule has 0 aliphatic carbocycles. The number of anilines is 1. The molecule has 3 rings (SSSR count). The first kappa shape index (κ1) is 14.7. The molecule has 2 heterocycles. The number of benzene rings is 1. The van der Waals surface area contributed by atoms with Crippen molar-refractivity contribution in [1.29, 1.82) is 0 Å². The van der Waals surface area contributed by atoms with Gasteiger partial charge in [0.25, 0.3) is 0 Å². The summed E-state index contributed by atoms with van der Waals surface area (Å²) in [4.78, 5) is 15.0. The number of halogens is 1. The van der Waals surface area contributed by atoms with Gasteiger partial charge in [0.2, 0.25) is 0 Å². The second-order valence-corrected chi connectivity index (χ2v) is 6.27. The number of carbonyl (C=O) groups is 1. The Kier molecular flexibility index (Phi) is 4.09. The predicted molar refractivity (Wildman–Crippen MR) is 83.7 cm³/mol. The van der Waals surface area contributed by atoms with Crippen molar-refractivity contribution >= 4 is 23.3 Å². The summed E-state index contributed by atoms with van der Waals surface area (Å²) in [6.07, 6.45) is 4.14. The highest BCUT2D eigenvalue weighted by Gasteiger charge is 2.54. The molecule has 2 atom stereocenters. The third-order valence-corrected chi connectivity index (χ3v) is 5.09. The van der Waals surface area contributed by atoms with Crippen LogP contribution >= 0.6 is 11.6 Å². The Balaban J connectivity index is 1.94. The molecule has 1 aromatic carbocycles. The van der Waals surface area contributed by atoms with Crippen molar-refractivity contribution in [2.24, 2.45) is 0 Å². The number of ether oxygens (including phenoxy) is 1. The molecule has 0 spiro atoms. The minimum absolute atomic E-state index is 0.184. The van der Waals surface area contributed by atoms with Gasteiger partial charge in [-0.15, -0.1) is 0 Å². The van der Waals surface area contributed by atoms with Gasteiger partial charge in [-0.3, -0.25) is 4.90 Å². The minimum atomic E-state index is -0.680. The van der Waals surface area contributed by atoms with Crippen LogP contribution in [-0.2, 0) is 9.53 Å².